The molecule has 8 heteroatoms. The maximum Gasteiger partial charge on any atom is 0.309 e. The fraction of sp³-hybridized carbons (Fsp3) is 0.458. The van der Waals surface area contributed by atoms with Gasteiger partial charge in [-0.3, -0.25) is 14.4 Å². The van der Waals surface area contributed by atoms with Crippen LogP contribution >= 0.6 is 0 Å². The number of rotatable bonds is 4. The molecule has 0 spiro atoms. The van der Waals surface area contributed by atoms with E-state index in [0.717, 1.165) is 24.0 Å². The molecule has 0 aromatic heterocycles. The summed E-state index contributed by atoms with van der Waals surface area (Å²) in [5.74, 6) is -0.881. The number of benzene rings is 2. The smallest absolute Gasteiger partial charge is 0.309 e. The largest absolute Gasteiger partial charge is 0.469 e. The first-order valence-electron chi connectivity index (χ1n) is 10.5. The van der Waals surface area contributed by atoms with Gasteiger partial charge in [-0.2, -0.15) is 0 Å². The molecule has 1 saturated heterocycles. The second kappa shape index (κ2) is 11.0. The Morgan fingerprint density at radius 2 is 1.84 bits per heavy atom. The fourth-order valence-electron chi connectivity index (χ4n) is 3.39. The molecule has 1 amide bonds. The maximum atomic E-state index is 13.8. The lowest BCUT2D eigenvalue weighted by Gasteiger charge is -2.29. The van der Waals surface area contributed by atoms with Crippen molar-refractivity contribution in [2.75, 3.05) is 33.3 Å². The first kappa shape index (κ1) is 25.3. The molecule has 0 saturated carbocycles. The standard InChI is InChI=1S/C19H21FN2O3.C5H10O2/c1-12-14(10-17(23)25-2)9-13-3-4-15(20)11-16(13)18(12)19(24)22-7-5-21-6-8-22;1-5(2,3)7-4-6/h3-4,9,11,21H,5-8,10H2,1-2H3;4H,1-3H3. The Kier molecular flexibility index (Phi) is 8.72. The average Bonchev–Trinajstić information content (AvgIpc) is 2.74. The summed E-state index contributed by atoms with van der Waals surface area (Å²) >= 11 is 0. The van der Waals surface area contributed by atoms with Crippen molar-refractivity contribution in [1.82, 2.24) is 10.2 Å². The van der Waals surface area contributed by atoms with Crippen LogP contribution in [0.1, 0.15) is 42.3 Å². The zero-order chi connectivity index (χ0) is 23.9. The van der Waals surface area contributed by atoms with Crippen LogP contribution in [0.25, 0.3) is 10.8 Å². The number of carbonyl (C=O) groups is 3. The van der Waals surface area contributed by atoms with Crippen LogP contribution in [-0.4, -0.2) is 62.1 Å². The number of esters is 1. The first-order chi connectivity index (χ1) is 15.1. The van der Waals surface area contributed by atoms with Crippen molar-refractivity contribution in [3.05, 3.63) is 46.8 Å². The molecule has 7 nitrogen and oxygen atoms in total. The lowest BCUT2D eigenvalue weighted by atomic mass is 9.92. The van der Waals surface area contributed by atoms with E-state index in [1.54, 1.807) is 17.9 Å². The van der Waals surface area contributed by atoms with Crippen molar-refractivity contribution >= 4 is 29.1 Å². The van der Waals surface area contributed by atoms with E-state index in [-0.39, 0.29) is 29.7 Å². The molecule has 32 heavy (non-hydrogen) atoms. The van der Waals surface area contributed by atoms with Crippen molar-refractivity contribution in [2.45, 2.75) is 39.7 Å². The molecule has 0 unspecified atom stereocenters. The van der Waals surface area contributed by atoms with Crippen LogP contribution in [0.4, 0.5) is 4.39 Å². The number of carbonyl (C=O) groups excluding carboxylic acids is 3. The van der Waals surface area contributed by atoms with E-state index in [0.29, 0.717) is 36.1 Å². The number of methoxy groups -OCH3 is 1. The van der Waals surface area contributed by atoms with Gasteiger partial charge < -0.3 is 19.7 Å². The highest BCUT2D eigenvalue weighted by molar-refractivity contribution is 6.09. The quantitative estimate of drug-likeness (QED) is 0.574. The monoisotopic (exact) mass is 446 g/mol. The number of nitrogens with zero attached hydrogens (tertiary/aromatic N) is 1. The normalized spacial score (nSPS) is 13.8. The Morgan fingerprint density at radius 3 is 2.38 bits per heavy atom. The van der Waals surface area contributed by atoms with E-state index in [2.05, 4.69) is 10.1 Å². The molecule has 0 aliphatic carbocycles. The number of fused-ring (bicyclic) bond motifs is 1. The van der Waals surface area contributed by atoms with Gasteiger partial charge in [0.2, 0.25) is 0 Å². The summed E-state index contributed by atoms with van der Waals surface area (Å²) in [6, 6.07) is 6.22. The van der Waals surface area contributed by atoms with E-state index in [4.69, 9.17) is 4.74 Å². The number of ether oxygens (including phenoxy) is 2. The Hall–Kier alpha value is -3.00. The molecule has 1 N–H and O–H groups in total. The number of hydrogen-bond donors (Lipinski definition) is 1. The zero-order valence-corrected chi connectivity index (χ0v) is 19.3. The number of amides is 1. The van der Waals surface area contributed by atoms with Gasteiger partial charge in [-0.15, -0.1) is 0 Å². The highest BCUT2D eigenvalue weighted by Gasteiger charge is 2.24. The highest BCUT2D eigenvalue weighted by Crippen LogP contribution is 2.28. The van der Waals surface area contributed by atoms with Gasteiger partial charge in [0.05, 0.1) is 19.1 Å². The summed E-state index contributed by atoms with van der Waals surface area (Å²) in [6.45, 7) is 10.4. The topological polar surface area (TPSA) is 84.9 Å². The van der Waals surface area contributed by atoms with Crippen LogP contribution in [0.2, 0.25) is 0 Å². The van der Waals surface area contributed by atoms with Gasteiger partial charge in [0.1, 0.15) is 11.4 Å². The van der Waals surface area contributed by atoms with Gasteiger partial charge in [0, 0.05) is 26.2 Å². The summed E-state index contributed by atoms with van der Waals surface area (Å²) in [5, 5.41) is 4.53. The molecule has 0 atom stereocenters. The Morgan fingerprint density at radius 1 is 1.19 bits per heavy atom. The molecule has 1 aliphatic heterocycles. The molecule has 3 rings (SSSR count). The fourth-order valence-corrected chi connectivity index (χ4v) is 3.39. The summed E-state index contributed by atoms with van der Waals surface area (Å²) < 4.78 is 23.1. The van der Waals surface area contributed by atoms with Gasteiger partial charge in [-0.1, -0.05) is 12.1 Å². The highest BCUT2D eigenvalue weighted by atomic mass is 19.1. The minimum Gasteiger partial charge on any atom is -0.469 e. The molecule has 1 aliphatic rings. The van der Waals surface area contributed by atoms with Crippen molar-refractivity contribution in [3.8, 4) is 0 Å². The molecule has 174 valence electrons. The van der Waals surface area contributed by atoms with Crippen molar-refractivity contribution in [3.63, 3.8) is 0 Å². The second-order valence-electron chi connectivity index (χ2n) is 8.52. The Bertz CT molecular complexity index is 978. The van der Waals surface area contributed by atoms with Gasteiger partial charge in [0.15, 0.2) is 0 Å². The first-order valence-corrected chi connectivity index (χ1v) is 10.5. The third-order valence-electron chi connectivity index (χ3n) is 5.05. The number of nitrogens with one attached hydrogen (secondary N) is 1. The molecular weight excluding hydrogens is 415 g/mol. The molecular formula is C24H31FN2O5. The number of piperazine rings is 1. The summed E-state index contributed by atoms with van der Waals surface area (Å²) in [7, 11) is 1.33. The molecule has 1 heterocycles. The van der Waals surface area contributed by atoms with Gasteiger partial charge in [0.25, 0.3) is 12.4 Å². The summed E-state index contributed by atoms with van der Waals surface area (Å²) in [5.41, 5.74) is 1.58. The van der Waals surface area contributed by atoms with Gasteiger partial charge in [-0.25, -0.2) is 4.39 Å². The van der Waals surface area contributed by atoms with Gasteiger partial charge in [-0.05, 0) is 61.7 Å². The van der Waals surface area contributed by atoms with Crippen molar-refractivity contribution < 1.29 is 28.2 Å². The predicted octanol–water partition coefficient (Wildman–Crippen LogP) is 3.01. The predicted molar refractivity (Wildman–Crippen MR) is 120 cm³/mol. The molecule has 0 radical (unpaired) electrons. The number of halogens is 1. The Balaban J connectivity index is 0.000000451. The summed E-state index contributed by atoms with van der Waals surface area (Å²) in [6.07, 6.45) is 0.0808. The Labute approximate surface area is 187 Å². The van der Waals surface area contributed by atoms with E-state index in [1.807, 2.05) is 26.8 Å². The van der Waals surface area contributed by atoms with E-state index in [9.17, 15) is 18.8 Å². The third kappa shape index (κ3) is 6.75. The van der Waals surface area contributed by atoms with Crippen LogP contribution in [0.5, 0.6) is 0 Å². The van der Waals surface area contributed by atoms with Crippen LogP contribution in [-0.2, 0) is 25.5 Å². The minimum atomic E-state index is -0.387. The minimum absolute atomic E-state index is 0.0808. The lowest BCUT2D eigenvalue weighted by molar-refractivity contribution is -0.140. The third-order valence-corrected chi connectivity index (χ3v) is 5.05. The second-order valence-corrected chi connectivity index (χ2v) is 8.52. The van der Waals surface area contributed by atoms with E-state index in [1.165, 1.54) is 19.2 Å². The van der Waals surface area contributed by atoms with Gasteiger partial charge >= 0.3 is 5.97 Å². The SMILES string of the molecule is CC(C)(C)OC=O.COC(=O)Cc1cc2ccc(F)cc2c(C(=O)N2CCNCC2)c1C. The van der Waals surface area contributed by atoms with E-state index >= 15 is 0 Å². The maximum absolute atomic E-state index is 13.8. The van der Waals surface area contributed by atoms with Crippen LogP contribution in [0.3, 0.4) is 0 Å². The summed E-state index contributed by atoms with van der Waals surface area (Å²) in [4.78, 5) is 36.2. The average molecular weight is 447 g/mol. The van der Waals surface area contributed by atoms with E-state index < -0.39 is 0 Å². The zero-order valence-electron chi connectivity index (χ0n) is 19.3. The van der Waals surface area contributed by atoms with Crippen molar-refractivity contribution in [1.29, 1.82) is 0 Å². The molecule has 2 aromatic rings. The molecule has 2 aromatic carbocycles. The van der Waals surface area contributed by atoms with Crippen LogP contribution < -0.4 is 5.32 Å². The molecule has 0 bridgehead atoms. The van der Waals surface area contributed by atoms with Crippen LogP contribution in [0.15, 0.2) is 24.3 Å². The number of hydrogen-bond acceptors (Lipinski definition) is 6. The molecule has 1 fully saturated rings. The van der Waals surface area contributed by atoms with Crippen molar-refractivity contribution in [2.24, 2.45) is 0 Å². The van der Waals surface area contributed by atoms with Crippen LogP contribution in [0, 0.1) is 12.7 Å². The lowest BCUT2D eigenvalue weighted by Crippen LogP contribution is -2.46.